The van der Waals surface area contributed by atoms with Crippen LogP contribution >= 0.6 is 0 Å². The first kappa shape index (κ1) is 10.7. The highest BCUT2D eigenvalue weighted by Gasteiger charge is 1.96. The minimum absolute atomic E-state index is 0.686. The van der Waals surface area contributed by atoms with E-state index in [4.69, 9.17) is 0 Å². The third kappa shape index (κ3) is 3.56. The molecule has 0 amide bonds. The quantitative estimate of drug-likeness (QED) is 0.524. The predicted octanol–water partition coefficient (Wildman–Crippen LogP) is 3.10. The Bertz CT molecular complexity index is 307. The topological polar surface area (TPSA) is 17.1 Å². The predicted molar refractivity (Wildman–Crippen MR) is 60.1 cm³/mol. The molecule has 0 spiro atoms. The van der Waals surface area contributed by atoms with Gasteiger partial charge in [-0.1, -0.05) is 44.2 Å². The summed E-state index contributed by atoms with van der Waals surface area (Å²) in [6.45, 7) is 4.42. The van der Waals surface area contributed by atoms with E-state index in [-0.39, 0.29) is 0 Å². The maximum atomic E-state index is 10.1. The molecule has 0 aliphatic heterocycles. The van der Waals surface area contributed by atoms with Gasteiger partial charge < -0.3 is 0 Å². The van der Waals surface area contributed by atoms with Crippen molar-refractivity contribution in [2.45, 2.75) is 20.3 Å². The Morgan fingerprint density at radius 2 is 1.86 bits per heavy atom. The number of allylic oxidation sites excluding steroid dienone is 1. The summed E-state index contributed by atoms with van der Waals surface area (Å²) in [4.78, 5) is 10.1. The number of hydrogen-bond acceptors (Lipinski definition) is 1. The van der Waals surface area contributed by atoms with Crippen molar-refractivity contribution >= 4 is 12.4 Å². The molecule has 1 heteroatoms. The summed E-state index contributed by atoms with van der Waals surface area (Å²) >= 11 is 0. The monoisotopic (exact) mass is 188 g/mol. The van der Waals surface area contributed by atoms with Crippen LogP contribution in [0.4, 0.5) is 0 Å². The fourth-order valence-electron chi connectivity index (χ4n) is 1.39. The standard InChI is InChI=1S/C13H16O/c1-11(2)10-13-7-5-12(6-8-13)4-3-9-14/h3-9,11H,10H2,1-2H3. The maximum absolute atomic E-state index is 10.1. The summed E-state index contributed by atoms with van der Waals surface area (Å²) in [5.41, 5.74) is 2.42. The van der Waals surface area contributed by atoms with Gasteiger partial charge in [0.2, 0.25) is 0 Å². The van der Waals surface area contributed by atoms with Gasteiger partial charge in [-0.15, -0.1) is 0 Å². The van der Waals surface area contributed by atoms with E-state index >= 15 is 0 Å². The van der Waals surface area contributed by atoms with E-state index in [1.54, 1.807) is 0 Å². The Morgan fingerprint density at radius 1 is 1.21 bits per heavy atom. The molecule has 0 heterocycles. The van der Waals surface area contributed by atoms with Crippen LogP contribution in [0.5, 0.6) is 0 Å². The van der Waals surface area contributed by atoms with Gasteiger partial charge in [-0.05, 0) is 29.5 Å². The van der Waals surface area contributed by atoms with Crippen molar-refractivity contribution < 1.29 is 4.79 Å². The molecule has 0 unspecified atom stereocenters. The molecular weight excluding hydrogens is 172 g/mol. The van der Waals surface area contributed by atoms with Crippen LogP contribution in [-0.2, 0) is 11.2 Å². The minimum Gasteiger partial charge on any atom is -0.299 e. The molecule has 0 saturated carbocycles. The van der Waals surface area contributed by atoms with E-state index in [9.17, 15) is 4.79 Å². The number of rotatable bonds is 4. The molecule has 0 N–H and O–H groups in total. The second kappa shape index (κ2) is 5.38. The summed E-state index contributed by atoms with van der Waals surface area (Å²) < 4.78 is 0. The first-order valence-electron chi connectivity index (χ1n) is 4.93. The third-order valence-electron chi connectivity index (χ3n) is 1.99. The average Bonchev–Trinajstić information content (AvgIpc) is 2.16. The summed E-state index contributed by atoms with van der Waals surface area (Å²) in [6.07, 6.45) is 5.23. The van der Waals surface area contributed by atoms with Gasteiger partial charge in [0.15, 0.2) is 0 Å². The highest BCUT2D eigenvalue weighted by Crippen LogP contribution is 2.10. The zero-order chi connectivity index (χ0) is 10.4. The third-order valence-corrected chi connectivity index (χ3v) is 1.99. The Hall–Kier alpha value is -1.37. The van der Waals surface area contributed by atoms with Crippen molar-refractivity contribution in [3.8, 4) is 0 Å². The van der Waals surface area contributed by atoms with Gasteiger partial charge in [-0.3, -0.25) is 4.79 Å². The van der Waals surface area contributed by atoms with E-state index in [1.807, 2.05) is 18.2 Å². The molecular formula is C13H16O. The lowest BCUT2D eigenvalue weighted by molar-refractivity contribution is -0.104. The lowest BCUT2D eigenvalue weighted by Gasteiger charge is -2.04. The molecule has 1 aromatic rings. The van der Waals surface area contributed by atoms with Crippen LogP contribution in [0.25, 0.3) is 6.08 Å². The fraction of sp³-hybridized carbons (Fsp3) is 0.308. The van der Waals surface area contributed by atoms with E-state index in [0.29, 0.717) is 5.92 Å². The van der Waals surface area contributed by atoms with Crippen LogP contribution in [-0.4, -0.2) is 6.29 Å². The zero-order valence-electron chi connectivity index (χ0n) is 8.73. The summed E-state index contributed by atoms with van der Waals surface area (Å²) in [5, 5.41) is 0. The van der Waals surface area contributed by atoms with E-state index < -0.39 is 0 Å². The molecule has 0 aromatic heterocycles. The molecule has 0 saturated heterocycles. The number of carbonyl (C=O) groups excluding carboxylic acids is 1. The number of carbonyl (C=O) groups is 1. The Labute approximate surface area is 85.5 Å². The van der Waals surface area contributed by atoms with Gasteiger partial charge in [-0.2, -0.15) is 0 Å². The van der Waals surface area contributed by atoms with E-state index in [2.05, 4.69) is 26.0 Å². The van der Waals surface area contributed by atoms with Crippen molar-refractivity contribution in [2.24, 2.45) is 5.92 Å². The van der Waals surface area contributed by atoms with Gasteiger partial charge in [0.1, 0.15) is 6.29 Å². The van der Waals surface area contributed by atoms with Crippen LogP contribution in [0.15, 0.2) is 30.3 Å². The smallest absolute Gasteiger partial charge is 0.142 e. The molecule has 0 radical (unpaired) electrons. The van der Waals surface area contributed by atoms with E-state index in [0.717, 1.165) is 18.3 Å². The van der Waals surface area contributed by atoms with Crippen LogP contribution in [0.1, 0.15) is 25.0 Å². The molecule has 0 aliphatic rings. The first-order chi connectivity index (χ1) is 6.72. The summed E-state index contributed by atoms with van der Waals surface area (Å²) in [7, 11) is 0. The average molecular weight is 188 g/mol. The number of hydrogen-bond donors (Lipinski definition) is 0. The highest BCUT2D eigenvalue weighted by molar-refractivity contribution is 5.73. The first-order valence-corrected chi connectivity index (χ1v) is 4.93. The van der Waals surface area contributed by atoms with Gasteiger partial charge in [0.05, 0.1) is 0 Å². The van der Waals surface area contributed by atoms with Crippen LogP contribution in [0.2, 0.25) is 0 Å². The number of aldehydes is 1. The molecule has 0 bridgehead atoms. The van der Waals surface area contributed by atoms with Crippen molar-refractivity contribution in [3.05, 3.63) is 41.5 Å². The van der Waals surface area contributed by atoms with Crippen molar-refractivity contribution in [3.63, 3.8) is 0 Å². The zero-order valence-corrected chi connectivity index (χ0v) is 8.73. The Kier molecular flexibility index (Phi) is 4.11. The van der Waals surface area contributed by atoms with Crippen molar-refractivity contribution in [2.75, 3.05) is 0 Å². The Morgan fingerprint density at radius 3 is 2.36 bits per heavy atom. The SMILES string of the molecule is CC(C)Cc1ccc(C=CC=O)cc1. The van der Waals surface area contributed by atoms with Gasteiger partial charge in [0, 0.05) is 0 Å². The van der Waals surface area contributed by atoms with Gasteiger partial charge in [0.25, 0.3) is 0 Å². The highest BCUT2D eigenvalue weighted by atomic mass is 16.1. The summed E-state index contributed by atoms with van der Waals surface area (Å²) in [6, 6.07) is 8.31. The Balaban J connectivity index is 2.68. The second-order valence-electron chi connectivity index (χ2n) is 3.83. The van der Waals surface area contributed by atoms with Crippen LogP contribution < -0.4 is 0 Å². The molecule has 1 aromatic carbocycles. The lowest BCUT2D eigenvalue weighted by Crippen LogP contribution is -1.93. The molecule has 74 valence electrons. The van der Waals surface area contributed by atoms with Crippen LogP contribution in [0.3, 0.4) is 0 Å². The molecule has 0 atom stereocenters. The van der Waals surface area contributed by atoms with Crippen molar-refractivity contribution in [1.82, 2.24) is 0 Å². The fourth-order valence-corrected chi connectivity index (χ4v) is 1.39. The van der Waals surface area contributed by atoms with Crippen molar-refractivity contribution in [1.29, 1.82) is 0 Å². The second-order valence-corrected chi connectivity index (χ2v) is 3.83. The molecule has 1 nitrogen and oxygen atoms in total. The molecule has 1 rings (SSSR count). The van der Waals surface area contributed by atoms with Crippen LogP contribution in [0, 0.1) is 5.92 Å². The molecule has 0 aliphatic carbocycles. The molecule has 14 heavy (non-hydrogen) atoms. The normalized spacial score (nSPS) is 11.1. The maximum Gasteiger partial charge on any atom is 0.142 e. The largest absolute Gasteiger partial charge is 0.299 e. The lowest BCUT2D eigenvalue weighted by atomic mass is 10.0. The van der Waals surface area contributed by atoms with Gasteiger partial charge >= 0.3 is 0 Å². The number of benzene rings is 1. The minimum atomic E-state index is 0.686. The van der Waals surface area contributed by atoms with E-state index in [1.165, 1.54) is 11.6 Å². The summed E-state index contributed by atoms with van der Waals surface area (Å²) in [5.74, 6) is 0.686. The molecule has 0 fully saturated rings. The van der Waals surface area contributed by atoms with Gasteiger partial charge in [-0.25, -0.2) is 0 Å².